The number of ether oxygens (including phenoxy) is 1. The number of piperidine rings is 1. The van der Waals surface area contributed by atoms with E-state index < -0.39 is 0 Å². The Labute approximate surface area is 208 Å². The lowest BCUT2D eigenvalue weighted by atomic mass is 9.84. The molecule has 2 aromatic carbocycles. The molecule has 1 aliphatic heterocycles. The summed E-state index contributed by atoms with van der Waals surface area (Å²) in [5.41, 5.74) is 1.53. The van der Waals surface area contributed by atoms with Crippen LogP contribution >= 0.6 is 0 Å². The second kappa shape index (κ2) is 12.5. The van der Waals surface area contributed by atoms with Crippen LogP contribution in [-0.4, -0.2) is 54.9 Å². The number of carbonyl (C=O) groups is 2. The fraction of sp³-hybridized carbons (Fsp3) is 0.448. The van der Waals surface area contributed by atoms with Crippen molar-refractivity contribution in [1.29, 1.82) is 0 Å². The first-order valence-corrected chi connectivity index (χ1v) is 12.4. The number of amides is 2. The normalized spacial score (nSPS) is 15.4. The summed E-state index contributed by atoms with van der Waals surface area (Å²) in [5.74, 6) is 1.08. The lowest BCUT2D eigenvalue weighted by molar-refractivity contribution is -0.135. The van der Waals surface area contributed by atoms with E-state index in [2.05, 4.69) is 19.9 Å². The number of benzene rings is 2. The van der Waals surface area contributed by atoms with Gasteiger partial charge in [-0.25, -0.2) is 4.39 Å². The Morgan fingerprint density at radius 3 is 2.51 bits per heavy atom. The fourth-order valence-electron chi connectivity index (χ4n) is 4.72. The average molecular weight is 481 g/mol. The van der Waals surface area contributed by atoms with Gasteiger partial charge in [0.15, 0.2) is 0 Å². The smallest absolute Gasteiger partial charge is 0.246 e. The predicted octanol–water partition coefficient (Wildman–Crippen LogP) is 5.20. The van der Waals surface area contributed by atoms with Crippen molar-refractivity contribution < 1.29 is 18.7 Å². The van der Waals surface area contributed by atoms with Crippen molar-refractivity contribution in [1.82, 2.24) is 9.80 Å². The van der Waals surface area contributed by atoms with Gasteiger partial charge in [-0.3, -0.25) is 9.59 Å². The van der Waals surface area contributed by atoms with Crippen LogP contribution in [0, 0.1) is 17.7 Å². The second-order valence-corrected chi connectivity index (χ2v) is 9.74. The lowest BCUT2D eigenvalue weighted by Crippen LogP contribution is -2.48. The van der Waals surface area contributed by atoms with Crippen molar-refractivity contribution >= 4 is 17.9 Å². The molecule has 1 heterocycles. The Morgan fingerprint density at radius 2 is 1.86 bits per heavy atom. The number of rotatable bonds is 9. The van der Waals surface area contributed by atoms with Crippen molar-refractivity contribution in [3.63, 3.8) is 0 Å². The number of carbonyl (C=O) groups excluding carboxylic acids is 2. The molecule has 0 N–H and O–H groups in total. The summed E-state index contributed by atoms with van der Waals surface area (Å²) in [7, 11) is 3.56. The summed E-state index contributed by atoms with van der Waals surface area (Å²) >= 11 is 0. The van der Waals surface area contributed by atoms with Crippen LogP contribution in [0.2, 0.25) is 0 Å². The maximum absolute atomic E-state index is 13.9. The van der Waals surface area contributed by atoms with Gasteiger partial charge >= 0.3 is 0 Å². The minimum absolute atomic E-state index is 0.0413. The topological polar surface area (TPSA) is 49.9 Å². The van der Waals surface area contributed by atoms with E-state index in [-0.39, 0.29) is 29.6 Å². The van der Waals surface area contributed by atoms with E-state index >= 15 is 0 Å². The molecule has 6 heteroatoms. The molecule has 35 heavy (non-hydrogen) atoms. The monoisotopic (exact) mass is 480 g/mol. The van der Waals surface area contributed by atoms with Gasteiger partial charge in [0.1, 0.15) is 11.6 Å². The predicted molar refractivity (Wildman–Crippen MR) is 137 cm³/mol. The van der Waals surface area contributed by atoms with Gasteiger partial charge < -0.3 is 14.5 Å². The molecule has 2 amide bonds. The number of hydrogen-bond acceptors (Lipinski definition) is 3. The first-order chi connectivity index (χ1) is 16.8. The number of hydrogen-bond donors (Lipinski definition) is 0. The largest absolute Gasteiger partial charge is 0.497 e. The van der Waals surface area contributed by atoms with Gasteiger partial charge in [-0.2, -0.15) is 0 Å². The van der Waals surface area contributed by atoms with Crippen LogP contribution in [0.5, 0.6) is 5.75 Å². The van der Waals surface area contributed by atoms with E-state index in [9.17, 15) is 14.0 Å². The Hall–Kier alpha value is -3.15. The zero-order valence-corrected chi connectivity index (χ0v) is 21.2. The number of likely N-dealkylation sites (tertiary alicyclic amines) is 1. The molecule has 1 atom stereocenters. The number of likely N-dealkylation sites (N-methyl/N-ethyl adjacent to an activating group) is 1. The number of methoxy groups -OCH3 is 1. The second-order valence-electron chi connectivity index (χ2n) is 9.74. The molecule has 0 aliphatic carbocycles. The van der Waals surface area contributed by atoms with E-state index in [4.69, 9.17) is 4.74 Å². The van der Waals surface area contributed by atoms with Gasteiger partial charge in [0.25, 0.3) is 0 Å². The molecule has 0 aromatic heterocycles. The molecule has 0 spiro atoms. The molecular weight excluding hydrogens is 443 g/mol. The van der Waals surface area contributed by atoms with Gasteiger partial charge in [0.05, 0.1) is 7.11 Å². The van der Waals surface area contributed by atoms with E-state index in [1.807, 2.05) is 35.0 Å². The lowest BCUT2D eigenvalue weighted by Gasteiger charge is -2.40. The average Bonchev–Trinajstić information content (AvgIpc) is 2.86. The summed E-state index contributed by atoms with van der Waals surface area (Å²) in [6, 6.07) is 14.5. The number of nitrogens with zero attached hydrogens (tertiary/aromatic N) is 2. The van der Waals surface area contributed by atoms with Crippen LogP contribution in [0.25, 0.3) is 6.08 Å². The van der Waals surface area contributed by atoms with E-state index in [1.165, 1.54) is 18.2 Å². The van der Waals surface area contributed by atoms with Crippen molar-refractivity contribution in [3.05, 3.63) is 71.6 Å². The van der Waals surface area contributed by atoms with Gasteiger partial charge in [0, 0.05) is 44.2 Å². The molecule has 1 saturated heterocycles. The van der Waals surface area contributed by atoms with E-state index in [0.717, 1.165) is 30.6 Å². The molecule has 3 rings (SSSR count). The molecule has 1 fully saturated rings. The highest BCUT2D eigenvalue weighted by Gasteiger charge is 2.32. The highest BCUT2D eigenvalue weighted by Crippen LogP contribution is 2.28. The van der Waals surface area contributed by atoms with Crippen molar-refractivity contribution in [2.75, 3.05) is 27.2 Å². The Balaban J connectivity index is 1.69. The van der Waals surface area contributed by atoms with Gasteiger partial charge in [-0.05, 0) is 60.9 Å². The quantitative estimate of drug-likeness (QED) is 0.464. The van der Waals surface area contributed by atoms with Gasteiger partial charge in [-0.15, -0.1) is 0 Å². The molecule has 1 aliphatic rings. The third kappa shape index (κ3) is 7.41. The fourth-order valence-corrected chi connectivity index (χ4v) is 4.72. The Kier molecular flexibility index (Phi) is 9.47. The van der Waals surface area contributed by atoms with Crippen molar-refractivity contribution in [3.8, 4) is 5.75 Å². The Bertz CT molecular complexity index is 1030. The van der Waals surface area contributed by atoms with Crippen LogP contribution in [0.3, 0.4) is 0 Å². The molecular formula is C29H37FN2O3. The maximum Gasteiger partial charge on any atom is 0.246 e. The van der Waals surface area contributed by atoms with Crippen LogP contribution in [0.15, 0.2) is 54.6 Å². The summed E-state index contributed by atoms with van der Waals surface area (Å²) in [5, 5.41) is 0. The first kappa shape index (κ1) is 26.5. The summed E-state index contributed by atoms with van der Waals surface area (Å²) in [6.45, 7) is 5.35. The van der Waals surface area contributed by atoms with E-state index in [0.29, 0.717) is 31.0 Å². The molecule has 0 radical (unpaired) electrons. The minimum Gasteiger partial charge on any atom is -0.497 e. The highest BCUT2D eigenvalue weighted by atomic mass is 19.1. The minimum atomic E-state index is -0.343. The van der Waals surface area contributed by atoms with Crippen LogP contribution in [0.4, 0.5) is 4.39 Å². The zero-order valence-electron chi connectivity index (χ0n) is 21.2. The molecule has 5 nitrogen and oxygen atoms in total. The first-order valence-electron chi connectivity index (χ1n) is 12.4. The molecule has 0 saturated carbocycles. The van der Waals surface area contributed by atoms with Crippen molar-refractivity contribution in [2.45, 2.75) is 45.6 Å². The van der Waals surface area contributed by atoms with Gasteiger partial charge in [0.2, 0.25) is 11.8 Å². The molecule has 0 bridgehead atoms. The summed E-state index contributed by atoms with van der Waals surface area (Å²) in [4.78, 5) is 29.4. The SMILES string of the molecule is COc1cccc(CC(C2CCN(C(=O)C=Cc3ccccc3F)CC2)N(C)C(=O)CC(C)C)c1. The molecule has 1 unspecified atom stereocenters. The van der Waals surface area contributed by atoms with E-state index in [1.54, 1.807) is 25.3 Å². The van der Waals surface area contributed by atoms with Crippen LogP contribution in [-0.2, 0) is 16.0 Å². The van der Waals surface area contributed by atoms with Crippen LogP contribution < -0.4 is 4.74 Å². The zero-order chi connectivity index (χ0) is 25.4. The van der Waals surface area contributed by atoms with Crippen LogP contribution in [0.1, 0.15) is 44.2 Å². The Morgan fingerprint density at radius 1 is 1.14 bits per heavy atom. The number of halogens is 1. The van der Waals surface area contributed by atoms with Crippen molar-refractivity contribution in [2.24, 2.45) is 11.8 Å². The molecule has 2 aromatic rings. The standard InChI is InChI=1S/C29H37FN2O3/c1-21(2)18-29(34)31(3)27(20-22-8-7-10-25(19-22)35-4)24-14-16-32(17-15-24)28(33)13-12-23-9-5-6-11-26(23)30/h5-13,19,21,24,27H,14-18,20H2,1-4H3. The van der Waals surface area contributed by atoms with Gasteiger partial charge in [-0.1, -0.05) is 44.2 Å². The molecule has 188 valence electrons. The maximum atomic E-state index is 13.9. The summed E-state index contributed by atoms with van der Waals surface area (Å²) < 4.78 is 19.2. The summed E-state index contributed by atoms with van der Waals surface area (Å²) in [6.07, 6.45) is 5.87. The third-order valence-corrected chi connectivity index (χ3v) is 6.76. The highest BCUT2D eigenvalue weighted by molar-refractivity contribution is 5.91. The third-order valence-electron chi connectivity index (χ3n) is 6.76.